The molecule has 15 nitrogen and oxygen atoms in total. The van der Waals surface area contributed by atoms with Gasteiger partial charge in [0.05, 0.1) is 0 Å². The van der Waals surface area contributed by atoms with Gasteiger partial charge in [-0.2, -0.15) is 0 Å². The van der Waals surface area contributed by atoms with Gasteiger partial charge in [-0.05, 0) is 52.1 Å². The first kappa shape index (κ1) is 17.3. The second kappa shape index (κ2) is 5.78. The van der Waals surface area contributed by atoms with Gasteiger partial charge in [0, 0.05) is 0 Å². The third kappa shape index (κ3) is 2.23. The van der Waals surface area contributed by atoms with Crippen LogP contribution >= 0.6 is 0 Å². The highest BCUT2D eigenvalue weighted by molar-refractivity contribution is 5.19. The van der Waals surface area contributed by atoms with Gasteiger partial charge in [0.25, 0.3) is 0 Å². The third-order valence-corrected chi connectivity index (χ3v) is 4.47. The van der Waals surface area contributed by atoms with Crippen molar-refractivity contribution in [3.8, 4) is 0 Å². The molecule has 0 aromatic heterocycles. The van der Waals surface area contributed by atoms with Gasteiger partial charge in [-0.1, -0.05) is 0 Å². The largest absolute Gasteiger partial charge is 0.389 e. The molecule has 134 valence electrons. The van der Waals surface area contributed by atoms with Crippen molar-refractivity contribution in [3.63, 3.8) is 0 Å². The second-order valence-corrected chi connectivity index (χ2v) is 5.95. The summed E-state index contributed by atoms with van der Waals surface area (Å²) in [6.45, 7) is 4.15. The van der Waals surface area contributed by atoms with Crippen LogP contribution in [0, 0.1) is 5.92 Å². The lowest BCUT2D eigenvalue weighted by Crippen LogP contribution is -2.66. The van der Waals surface area contributed by atoms with Crippen LogP contribution in [0.3, 0.4) is 0 Å². The Labute approximate surface area is 140 Å². The molecule has 3 atom stereocenters. The molecule has 3 unspecified atom stereocenters. The van der Waals surface area contributed by atoms with E-state index < -0.39 is 41.2 Å². The van der Waals surface area contributed by atoms with Crippen molar-refractivity contribution in [3.05, 3.63) is 0 Å². The highest BCUT2D eigenvalue weighted by Crippen LogP contribution is 2.53. The van der Waals surface area contributed by atoms with Crippen molar-refractivity contribution in [2.45, 2.75) is 56.1 Å². The van der Waals surface area contributed by atoms with E-state index in [9.17, 15) is 15.3 Å². The Morgan fingerprint density at radius 3 is 0.840 bits per heavy atom. The molecule has 0 aromatic rings. The Hall–Kier alpha value is -2.52. The van der Waals surface area contributed by atoms with Gasteiger partial charge in [0.2, 0.25) is 17.0 Å². The van der Waals surface area contributed by atoms with E-state index in [4.69, 9.17) is 0 Å². The van der Waals surface area contributed by atoms with Gasteiger partial charge in [0.1, 0.15) is 24.2 Å². The number of rotatable bonds is 6. The summed E-state index contributed by atoms with van der Waals surface area (Å²) < 4.78 is 0. The minimum absolute atomic E-state index is 1.30. The maximum Gasteiger partial charge on any atom is 0.232 e. The van der Waals surface area contributed by atoms with Crippen molar-refractivity contribution in [1.29, 1.82) is 0 Å². The number of aliphatic hydroxyl groups is 3. The maximum atomic E-state index is 10.4. The molecule has 3 heterocycles. The Morgan fingerprint density at radius 2 is 0.680 bits per heavy atom. The Balaban J connectivity index is 2.31. The van der Waals surface area contributed by atoms with E-state index >= 15 is 0 Å². The van der Waals surface area contributed by atoms with Crippen LogP contribution in [0.2, 0.25) is 0 Å². The number of hydrogen-bond donors (Lipinski definition) is 3. The lowest BCUT2D eigenvalue weighted by Gasteiger charge is -2.45. The molecule has 3 aliphatic heterocycles. The SMILES string of the molecule is CC(O)C1(C(C2(C(C)O)N=NN=N2)C2(C(C)O)N=NN=N2)N=NN=N1. The smallest absolute Gasteiger partial charge is 0.232 e. The first-order chi connectivity index (χ1) is 11.8. The zero-order valence-electron chi connectivity index (χ0n) is 13.5. The van der Waals surface area contributed by atoms with Crippen molar-refractivity contribution < 1.29 is 15.3 Å². The molecule has 3 rings (SSSR count). The summed E-state index contributed by atoms with van der Waals surface area (Å²) in [6, 6.07) is 0. The molecule has 0 amide bonds. The van der Waals surface area contributed by atoms with E-state index in [1.807, 2.05) is 0 Å². The number of nitrogens with zero attached hydrogens (tertiary/aromatic N) is 12. The Bertz CT molecular complexity index is 577. The normalized spacial score (nSPS) is 28.6. The molecule has 3 aliphatic rings. The van der Waals surface area contributed by atoms with E-state index in [1.54, 1.807) is 0 Å². The molecule has 0 bridgehead atoms. The average molecular weight is 352 g/mol. The molecule has 0 saturated heterocycles. The lowest BCUT2D eigenvalue weighted by atomic mass is 9.68. The van der Waals surface area contributed by atoms with Crippen LogP contribution in [-0.2, 0) is 0 Å². The van der Waals surface area contributed by atoms with Crippen molar-refractivity contribution in [2.24, 2.45) is 67.9 Å². The first-order valence-electron chi connectivity index (χ1n) is 7.38. The Kier molecular flexibility index (Phi) is 4.00. The monoisotopic (exact) mass is 352 g/mol. The average Bonchev–Trinajstić information content (AvgIpc) is 3.30. The number of hydrogen-bond acceptors (Lipinski definition) is 15. The van der Waals surface area contributed by atoms with Gasteiger partial charge in [-0.25, -0.2) is 0 Å². The lowest BCUT2D eigenvalue weighted by molar-refractivity contribution is -0.0747. The first-order valence-corrected chi connectivity index (χ1v) is 7.38. The topological polar surface area (TPSA) is 209 Å². The summed E-state index contributed by atoms with van der Waals surface area (Å²) in [6.07, 6.45) is -3.89. The quantitative estimate of drug-likeness (QED) is 0.646. The van der Waals surface area contributed by atoms with Gasteiger partial charge in [-0.3, -0.25) is 0 Å². The van der Waals surface area contributed by atoms with E-state index in [2.05, 4.69) is 62.0 Å². The van der Waals surface area contributed by atoms with Gasteiger partial charge < -0.3 is 15.3 Å². The highest BCUT2D eigenvalue weighted by Gasteiger charge is 2.71. The van der Waals surface area contributed by atoms with Crippen LogP contribution in [-0.4, -0.2) is 50.6 Å². The van der Waals surface area contributed by atoms with E-state index in [0.717, 1.165) is 0 Å². The molecule has 0 spiro atoms. The van der Waals surface area contributed by atoms with Crippen LogP contribution in [0.15, 0.2) is 62.0 Å². The fraction of sp³-hybridized carbons (Fsp3) is 1.00. The Morgan fingerprint density at radius 1 is 0.480 bits per heavy atom. The van der Waals surface area contributed by atoms with Crippen LogP contribution in [0.5, 0.6) is 0 Å². The molecule has 25 heavy (non-hydrogen) atoms. The van der Waals surface area contributed by atoms with Crippen molar-refractivity contribution in [1.82, 2.24) is 0 Å². The minimum Gasteiger partial charge on any atom is -0.389 e. The fourth-order valence-corrected chi connectivity index (χ4v) is 3.12. The van der Waals surface area contributed by atoms with Gasteiger partial charge in [-0.15, -0.1) is 30.7 Å². The summed E-state index contributed by atoms with van der Waals surface area (Å²) >= 11 is 0. The van der Waals surface area contributed by atoms with Crippen molar-refractivity contribution in [2.75, 3.05) is 0 Å². The molecule has 0 saturated carbocycles. The summed E-state index contributed by atoms with van der Waals surface area (Å²) in [5.74, 6) is -1.34. The maximum absolute atomic E-state index is 10.4. The molecule has 0 radical (unpaired) electrons. The van der Waals surface area contributed by atoms with Crippen LogP contribution in [0.25, 0.3) is 0 Å². The predicted molar refractivity (Wildman–Crippen MR) is 75.9 cm³/mol. The zero-order valence-corrected chi connectivity index (χ0v) is 13.5. The van der Waals surface area contributed by atoms with Crippen LogP contribution in [0.4, 0.5) is 0 Å². The zero-order chi connectivity index (χ0) is 18.3. The minimum atomic E-state index is -1.83. The second-order valence-electron chi connectivity index (χ2n) is 5.95. The van der Waals surface area contributed by atoms with Gasteiger partial charge in [0.15, 0.2) is 0 Å². The van der Waals surface area contributed by atoms with E-state index in [1.165, 1.54) is 20.8 Å². The molecule has 0 fully saturated rings. The fourth-order valence-electron chi connectivity index (χ4n) is 3.12. The molecule has 0 aromatic carbocycles. The summed E-state index contributed by atoms with van der Waals surface area (Å²) in [5, 5.41) is 75.7. The van der Waals surface area contributed by atoms with Gasteiger partial charge >= 0.3 is 0 Å². The van der Waals surface area contributed by atoms with E-state index in [-0.39, 0.29) is 0 Å². The van der Waals surface area contributed by atoms with Crippen molar-refractivity contribution >= 4 is 0 Å². The van der Waals surface area contributed by atoms with Crippen LogP contribution < -0.4 is 0 Å². The summed E-state index contributed by atoms with van der Waals surface area (Å²) in [4.78, 5) is 0. The molecular formula is C10H16N12O3. The highest BCUT2D eigenvalue weighted by atomic mass is 16.3. The van der Waals surface area contributed by atoms with E-state index in [0.29, 0.717) is 0 Å². The summed E-state index contributed by atoms with van der Waals surface area (Å²) in [5.41, 5.74) is -5.50. The number of aliphatic hydroxyl groups excluding tert-OH is 3. The summed E-state index contributed by atoms with van der Waals surface area (Å²) in [7, 11) is 0. The predicted octanol–water partition coefficient (Wildman–Crippen LogP) is 1.33. The molecule has 0 aliphatic carbocycles. The standard InChI is InChI=1S/C10H16N12O3/c1-4(23)8(11-17-18-12-8)7(9(5(2)24)13-19-20-14-9)10(6(3)25)15-21-22-16-10/h4-7,23-25H,1-3H3. The third-order valence-electron chi connectivity index (χ3n) is 4.47. The molecular weight excluding hydrogens is 336 g/mol. The molecule has 3 N–H and O–H groups in total. The molecule has 15 heteroatoms. The van der Waals surface area contributed by atoms with Crippen LogP contribution in [0.1, 0.15) is 20.8 Å².